The molecule has 10 heteroatoms. The average Bonchev–Trinajstić information content (AvgIpc) is 2.77. The van der Waals surface area contributed by atoms with Gasteiger partial charge in [0.15, 0.2) is 0 Å². The topological polar surface area (TPSA) is 94.1 Å². The third-order valence-electron chi connectivity index (χ3n) is 5.23. The fraction of sp³-hybridized carbons (Fsp3) is 0.455. The molecule has 32 heavy (non-hydrogen) atoms. The van der Waals surface area contributed by atoms with E-state index in [1.807, 2.05) is 18.7 Å². The van der Waals surface area contributed by atoms with Crippen molar-refractivity contribution in [2.24, 2.45) is 5.92 Å². The van der Waals surface area contributed by atoms with Crippen LogP contribution in [0, 0.1) is 11.7 Å². The summed E-state index contributed by atoms with van der Waals surface area (Å²) in [6, 6.07) is 8.54. The number of carbonyl (C=O) groups excluding carboxylic acids is 1. The Labute approximate surface area is 188 Å². The van der Waals surface area contributed by atoms with Gasteiger partial charge in [0.2, 0.25) is 0 Å². The molecule has 0 saturated carbocycles. The highest BCUT2D eigenvalue weighted by molar-refractivity contribution is 7.92. The van der Waals surface area contributed by atoms with E-state index in [-0.39, 0.29) is 23.3 Å². The van der Waals surface area contributed by atoms with E-state index in [4.69, 9.17) is 0 Å². The third-order valence-corrected chi connectivity index (χ3v) is 7.00. The van der Waals surface area contributed by atoms with E-state index in [2.05, 4.69) is 4.98 Å². The lowest BCUT2D eigenvalue weighted by Gasteiger charge is -2.36. The van der Waals surface area contributed by atoms with Gasteiger partial charge in [0, 0.05) is 38.9 Å². The average molecular weight is 465 g/mol. The van der Waals surface area contributed by atoms with E-state index in [1.165, 1.54) is 47.8 Å². The van der Waals surface area contributed by atoms with Gasteiger partial charge >= 0.3 is 0 Å². The first-order valence-electron chi connectivity index (χ1n) is 10.6. The van der Waals surface area contributed by atoms with Gasteiger partial charge in [-0.05, 0) is 49.2 Å². The number of carbonyl (C=O) groups is 1. The maximum atomic E-state index is 13.3. The summed E-state index contributed by atoms with van der Waals surface area (Å²) >= 11 is 0. The van der Waals surface area contributed by atoms with Gasteiger partial charge in [0.05, 0.1) is 5.69 Å². The minimum absolute atomic E-state index is 0.0501. The molecule has 0 aliphatic carbocycles. The smallest absolute Gasteiger partial charge is 0.265 e. The van der Waals surface area contributed by atoms with E-state index in [9.17, 15) is 22.7 Å². The summed E-state index contributed by atoms with van der Waals surface area (Å²) in [5.74, 6) is -0.0602. The summed E-state index contributed by atoms with van der Waals surface area (Å²) in [6.07, 6.45) is 0.300. The van der Waals surface area contributed by atoms with Gasteiger partial charge in [-0.2, -0.15) is 0 Å². The number of anilines is 2. The Bertz CT molecular complexity index is 1020. The maximum Gasteiger partial charge on any atom is 0.265 e. The Morgan fingerprint density at radius 2 is 1.72 bits per heavy atom. The first-order chi connectivity index (χ1) is 15.1. The van der Waals surface area contributed by atoms with E-state index < -0.39 is 21.9 Å². The number of sulfonamides is 1. The molecule has 1 amide bonds. The molecule has 1 saturated heterocycles. The van der Waals surface area contributed by atoms with Crippen LogP contribution in [0.2, 0.25) is 0 Å². The molecule has 1 atom stereocenters. The molecule has 0 spiro atoms. The molecule has 1 aromatic heterocycles. The number of aliphatic hydroxyl groups is 1. The number of pyridine rings is 1. The zero-order chi connectivity index (χ0) is 23.5. The van der Waals surface area contributed by atoms with Gasteiger partial charge in [0.1, 0.15) is 22.6 Å². The van der Waals surface area contributed by atoms with E-state index in [1.54, 1.807) is 11.0 Å². The van der Waals surface area contributed by atoms with Crippen molar-refractivity contribution in [3.63, 3.8) is 0 Å². The molecule has 0 radical (unpaired) electrons. The zero-order valence-electron chi connectivity index (χ0n) is 18.5. The van der Waals surface area contributed by atoms with E-state index in [0.29, 0.717) is 37.7 Å². The lowest BCUT2D eigenvalue weighted by molar-refractivity contribution is -0.139. The molecule has 1 aromatic carbocycles. The number of benzene rings is 1. The van der Waals surface area contributed by atoms with Gasteiger partial charge in [-0.3, -0.25) is 9.10 Å². The van der Waals surface area contributed by atoms with Gasteiger partial charge in [-0.15, -0.1) is 0 Å². The Kier molecular flexibility index (Phi) is 7.35. The van der Waals surface area contributed by atoms with Crippen LogP contribution in [0.3, 0.4) is 0 Å². The number of rotatable bonds is 7. The van der Waals surface area contributed by atoms with Crippen LogP contribution in [0.25, 0.3) is 0 Å². The largest absolute Gasteiger partial charge is 0.384 e. The number of halogens is 1. The normalized spacial score (nSPS) is 15.7. The highest BCUT2D eigenvalue weighted by atomic mass is 32.2. The predicted octanol–water partition coefficient (Wildman–Crippen LogP) is 2.10. The molecule has 174 valence electrons. The third kappa shape index (κ3) is 5.36. The maximum absolute atomic E-state index is 13.3. The number of hydrogen-bond donors (Lipinski definition) is 1. The number of hydrogen-bond acceptors (Lipinski definition) is 6. The minimum atomic E-state index is -3.89. The molecule has 0 bridgehead atoms. The summed E-state index contributed by atoms with van der Waals surface area (Å²) < 4.78 is 41.3. The summed E-state index contributed by atoms with van der Waals surface area (Å²) in [5.41, 5.74) is 0.392. The highest BCUT2D eigenvalue weighted by Crippen LogP contribution is 2.26. The second kappa shape index (κ2) is 9.83. The van der Waals surface area contributed by atoms with Crippen LogP contribution in [0.15, 0.2) is 47.5 Å². The second-order valence-corrected chi connectivity index (χ2v) is 10.1. The Balaban J connectivity index is 1.77. The van der Waals surface area contributed by atoms with Crippen molar-refractivity contribution in [2.45, 2.75) is 31.8 Å². The Hall–Kier alpha value is -2.72. The van der Waals surface area contributed by atoms with E-state index >= 15 is 0 Å². The van der Waals surface area contributed by atoms with Crippen LogP contribution in [0.4, 0.5) is 15.9 Å². The molecular weight excluding hydrogens is 435 g/mol. The van der Waals surface area contributed by atoms with Crippen LogP contribution in [-0.2, 0) is 14.8 Å². The fourth-order valence-corrected chi connectivity index (χ4v) is 5.11. The monoisotopic (exact) mass is 464 g/mol. The molecule has 1 N–H and O–H groups in total. The number of nitrogens with zero attached hydrogens (tertiary/aromatic N) is 4. The van der Waals surface area contributed by atoms with Crippen LogP contribution in [0.1, 0.15) is 20.8 Å². The van der Waals surface area contributed by atoms with Crippen molar-refractivity contribution in [2.75, 3.05) is 41.9 Å². The van der Waals surface area contributed by atoms with Crippen LogP contribution in [-0.4, -0.2) is 68.1 Å². The molecule has 2 aromatic rings. The number of amides is 1. The number of piperazine rings is 1. The molecule has 1 fully saturated rings. The van der Waals surface area contributed by atoms with Gasteiger partial charge in [0.25, 0.3) is 15.9 Å². The summed E-state index contributed by atoms with van der Waals surface area (Å²) in [6.45, 7) is 7.50. The first-order valence-corrected chi connectivity index (χ1v) is 12.0. The highest BCUT2D eigenvalue weighted by Gasteiger charge is 2.28. The summed E-state index contributed by atoms with van der Waals surface area (Å²) in [5, 5.41) is 9.46. The predicted molar refractivity (Wildman–Crippen MR) is 120 cm³/mol. The van der Waals surface area contributed by atoms with Gasteiger partial charge in [-0.1, -0.05) is 13.8 Å². The van der Waals surface area contributed by atoms with Gasteiger partial charge in [-0.25, -0.2) is 17.8 Å². The van der Waals surface area contributed by atoms with Crippen LogP contribution in [0.5, 0.6) is 0 Å². The van der Waals surface area contributed by atoms with Crippen molar-refractivity contribution in [3.05, 3.63) is 48.4 Å². The number of aliphatic hydroxyl groups excluding tert-OH is 1. The molecule has 1 aliphatic rings. The number of aromatic nitrogens is 1. The summed E-state index contributed by atoms with van der Waals surface area (Å²) in [4.78, 5) is 19.9. The molecule has 1 aliphatic heterocycles. The SMILES string of the molecule is CC(C)CN(c1ccc(F)cc1)S(=O)(=O)c1ccc(N2CCN(C(=O)[C@H](C)O)CC2)nc1. The Morgan fingerprint density at radius 3 is 2.22 bits per heavy atom. The molecule has 3 rings (SSSR count). The minimum Gasteiger partial charge on any atom is -0.384 e. The molecular formula is C22H29FN4O4S. The molecule has 0 unspecified atom stereocenters. The Morgan fingerprint density at radius 1 is 1.09 bits per heavy atom. The second-order valence-electron chi connectivity index (χ2n) is 8.25. The quantitative estimate of drug-likeness (QED) is 0.675. The fourth-order valence-electron chi connectivity index (χ4n) is 3.54. The molecule has 8 nitrogen and oxygen atoms in total. The zero-order valence-corrected chi connectivity index (χ0v) is 19.3. The van der Waals surface area contributed by atoms with Crippen molar-refractivity contribution < 1.29 is 22.7 Å². The lowest BCUT2D eigenvalue weighted by Crippen LogP contribution is -2.51. The molecule has 2 heterocycles. The van der Waals surface area contributed by atoms with Crippen molar-refractivity contribution >= 4 is 27.4 Å². The van der Waals surface area contributed by atoms with Crippen LogP contribution >= 0.6 is 0 Å². The standard InChI is InChI=1S/C22H29FN4O4S/c1-16(2)15-27(19-6-4-18(23)5-7-19)32(30,31)20-8-9-21(24-14-20)25-10-12-26(13-11-25)22(29)17(3)28/h4-9,14,16-17,28H,10-13,15H2,1-3H3/t17-/m0/s1. The summed E-state index contributed by atoms with van der Waals surface area (Å²) in [7, 11) is -3.89. The lowest BCUT2D eigenvalue weighted by atomic mass is 10.2. The van der Waals surface area contributed by atoms with Crippen molar-refractivity contribution in [3.8, 4) is 0 Å². The first kappa shape index (κ1) is 23.9. The van der Waals surface area contributed by atoms with Crippen molar-refractivity contribution in [1.29, 1.82) is 0 Å². The van der Waals surface area contributed by atoms with Crippen molar-refractivity contribution in [1.82, 2.24) is 9.88 Å². The van der Waals surface area contributed by atoms with Gasteiger partial charge < -0.3 is 14.9 Å². The van der Waals surface area contributed by atoms with Crippen LogP contribution < -0.4 is 9.21 Å². The van der Waals surface area contributed by atoms with E-state index in [0.717, 1.165) is 0 Å².